The van der Waals surface area contributed by atoms with Crippen molar-refractivity contribution in [3.8, 4) is 45.4 Å². The summed E-state index contributed by atoms with van der Waals surface area (Å²) in [5, 5.41) is 0. The lowest BCUT2D eigenvalue weighted by atomic mass is 9.94. The van der Waals surface area contributed by atoms with Crippen LogP contribution in [0.15, 0.2) is 65.8 Å². The number of aldehydes is 1. The standard InChI is InChI=1S/C23H20N2O5/c1-27-20-12-16(13-26)21(23(29-3)22(20)28-2)17-11-15(19-5-4-10-30-19)6-7-18(17)25-9-8-24-14-25/h4-14H,1-3H3. The van der Waals surface area contributed by atoms with Crippen molar-refractivity contribution in [2.75, 3.05) is 21.3 Å². The molecular formula is C23H20N2O5. The first-order chi connectivity index (χ1) is 14.7. The number of hydrogen-bond acceptors (Lipinski definition) is 6. The van der Waals surface area contributed by atoms with Crippen molar-refractivity contribution < 1.29 is 23.4 Å². The molecule has 0 fully saturated rings. The minimum atomic E-state index is 0.400. The van der Waals surface area contributed by atoms with Crippen LogP contribution in [0, 0.1) is 0 Å². The Morgan fingerprint density at radius 2 is 1.87 bits per heavy atom. The maximum Gasteiger partial charge on any atom is 0.203 e. The van der Waals surface area contributed by atoms with E-state index < -0.39 is 0 Å². The molecule has 0 amide bonds. The molecule has 30 heavy (non-hydrogen) atoms. The number of carbonyl (C=O) groups excluding carboxylic acids is 1. The average Bonchev–Trinajstić information content (AvgIpc) is 3.51. The van der Waals surface area contributed by atoms with Crippen molar-refractivity contribution in [2.24, 2.45) is 0 Å². The highest BCUT2D eigenvalue weighted by Crippen LogP contribution is 2.48. The van der Waals surface area contributed by atoms with Gasteiger partial charge in [-0.2, -0.15) is 0 Å². The van der Waals surface area contributed by atoms with E-state index in [9.17, 15) is 4.79 Å². The summed E-state index contributed by atoms with van der Waals surface area (Å²) in [5.41, 5.74) is 3.41. The summed E-state index contributed by atoms with van der Waals surface area (Å²) < 4.78 is 24.1. The number of furan rings is 1. The van der Waals surface area contributed by atoms with Crippen LogP contribution >= 0.6 is 0 Å². The predicted molar refractivity (Wildman–Crippen MR) is 112 cm³/mol. The molecule has 7 heteroatoms. The van der Waals surface area contributed by atoms with Crippen LogP contribution in [0.5, 0.6) is 17.2 Å². The fraction of sp³-hybridized carbons (Fsp3) is 0.130. The van der Waals surface area contributed by atoms with Crippen LogP contribution in [0.4, 0.5) is 0 Å². The highest BCUT2D eigenvalue weighted by molar-refractivity contribution is 5.96. The zero-order valence-electron chi connectivity index (χ0n) is 16.8. The van der Waals surface area contributed by atoms with E-state index in [0.29, 0.717) is 34.1 Å². The van der Waals surface area contributed by atoms with Crippen molar-refractivity contribution in [1.29, 1.82) is 0 Å². The number of rotatable bonds is 7. The molecule has 2 aromatic carbocycles. The lowest BCUT2D eigenvalue weighted by Crippen LogP contribution is -2.03. The Hall–Kier alpha value is -4.00. The lowest BCUT2D eigenvalue weighted by molar-refractivity contribution is 0.112. The zero-order chi connectivity index (χ0) is 21.1. The highest BCUT2D eigenvalue weighted by Gasteiger charge is 2.24. The second-order valence-electron chi connectivity index (χ2n) is 6.41. The molecule has 0 aliphatic rings. The normalized spacial score (nSPS) is 10.6. The Bertz CT molecular complexity index is 1170. The van der Waals surface area contributed by atoms with Gasteiger partial charge >= 0.3 is 0 Å². The SMILES string of the molecule is COc1cc(C=O)c(-c2cc(-c3ccco3)ccc2-n2ccnc2)c(OC)c1OC. The maximum atomic E-state index is 12.1. The summed E-state index contributed by atoms with van der Waals surface area (Å²) in [5.74, 6) is 1.92. The Morgan fingerprint density at radius 3 is 2.47 bits per heavy atom. The van der Waals surface area contributed by atoms with E-state index >= 15 is 0 Å². The molecule has 0 unspecified atom stereocenters. The van der Waals surface area contributed by atoms with Crippen molar-refractivity contribution in [3.63, 3.8) is 0 Å². The van der Waals surface area contributed by atoms with Gasteiger partial charge in [0, 0.05) is 34.6 Å². The van der Waals surface area contributed by atoms with E-state index in [0.717, 1.165) is 23.1 Å². The van der Waals surface area contributed by atoms with Gasteiger partial charge in [0.25, 0.3) is 0 Å². The summed E-state index contributed by atoms with van der Waals surface area (Å²) in [6.07, 6.45) is 7.61. The molecule has 0 aliphatic carbocycles. The van der Waals surface area contributed by atoms with Crippen LogP contribution < -0.4 is 14.2 Å². The van der Waals surface area contributed by atoms with E-state index in [1.807, 2.05) is 41.1 Å². The molecule has 152 valence electrons. The first-order valence-electron chi connectivity index (χ1n) is 9.16. The number of imidazole rings is 1. The van der Waals surface area contributed by atoms with Gasteiger partial charge in [-0.05, 0) is 36.4 Å². The summed E-state index contributed by atoms with van der Waals surface area (Å²) >= 11 is 0. The van der Waals surface area contributed by atoms with Crippen molar-refractivity contribution in [2.45, 2.75) is 0 Å². The second-order valence-corrected chi connectivity index (χ2v) is 6.41. The van der Waals surface area contributed by atoms with E-state index in [-0.39, 0.29) is 0 Å². The molecule has 0 N–H and O–H groups in total. The number of ether oxygens (including phenoxy) is 3. The molecule has 0 spiro atoms. The van der Waals surface area contributed by atoms with Gasteiger partial charge < -0.3 is 23.2 Å². The molecule has 2 aromatic heterocycles. The lowest BCUT2D eigenvalue weighted by Gasteiger charge is -2.20. The zero-order valence-corrected chi connectivity index (χ0v) is 16.8. The van der Waals surface area contributed by atoms with E-state index in [1.54, 1.807) is 24.9 Å². The third-order valence-electron chi connectivity index (χ3n) is 4.84. The molecule has 4 rings (SSSR count). The van der Waals surface area contributed by atoms with Crippen molar-refractivity contribution in [3.05, 3.63) is 66.9 Å². The summed E-state index contributed by atoms with van der Waals surface area (Å²) in [6.45, 7) is 0. The van der Waals surface area contributed by atoms with E-state index in [4.69, 9.17) is 18.6 Å². The third kappa shape index (κ3) is 3.20. The van der Waals surface area contributed by atoms with Gasteiger partial charge in [-0.3, -0.25) is 4.79 Å². The van der Waals surface area contributed by atoms with Crippen LogP contribution in [0.1, 0.15) is 10.4 Å². The first kappa shape index (κ1) is 19.3. The third-order valence-corrected chi connectivity index (χ3v) is 4.84. The van der Waals surface area contributed by atoms with Gasteiger partial charge in [-0.25, -0.2) is 4.98 Å². The Balaban J connectivity index is 2.08. The Kier molecular flexibility index (Phi) is 5.26. The van der Waals surface area contributed by atoms with Gasteiger partial charge in [0.05, 0.1) is 39.6 Å². The van der Waals surface area contributed by atoms with Crippen LogP contribution in [-0.4, -0.2) is 37.2 Å². The van der Waals surface area contributed by atoms with Crippen molar-refractivity contribution in [1.82, 2.24) is 9.55 Å². The van der Waals surface area contributed by atoms with Crippen molar-refractivity contribution >= 4 is 6.29 Å². The molecule has 0 saturated heterocycles. The molecule has 2 heterocycles. The average molecular weight is 404 g/mol. The fourth-order valence-corrected chi connectivity index (χ4v) is 3.51. The Labute approximate surface area is 173 Å². The van der Waals surface area contributed by atoms with Gasteiger partial charge in [-0.15, -0.1) is 0 Å². The number of methoxy groups -OCH3 is 3. The summed E-state index contributed by atoms with van der Waals surface area (Å²) in [6, 6.07) is 11.2. The molecular weight excluding hydrogens is 384 g/mol. The minimum absolute atomic E-state index is 0.400. The number of carbonyl (C=O) groups is 1. The molecule has 0 atom stereocenters. The topological polar surface area (TPSA) is 75.7 Å². The van der Waals surface area contributed by atoms with Crippen LogP contribution in [0.3, 0.4) is 0 Å². The monoisotopic (exact) mass is 404 g/mol. The molecule has 0 bridgehead atoms. The molecule has 0 radical (unpaired) electrons. The number of benzene rings is 2. The molecule has 7 nitrogen and oxygen atoms in total. The molecule has 4 aromatic rings. The summed E-state index contributed by atoms with van der Waals surface area (Å²) in [7, 11) is 4.57. The first-order valence-corrected chi connectivity index (χ1v) is 9.16. The number of hydrogen-bond donors (Lipinski definition) is 0. The summed E-state index contributed by atoms with van der Waals surface area (Å²) in [4.78, 5) is 16.2. The fourth-order valence-electron chi connectivity index (χ4n) is 3.51. The van der Waals surface area contributed by atoms with Gasteiger partial charge in [-0.1, -0.05) is 0 Å². The van der Waals surface area contributed by atoms with E-state index in [2.05, 4.69) is 4.98 Å². The van der Waals surface area contributed by atoms with Crippen LogP contribution in [0.2, 0.25) is 0 Å². The molecule has 0 saturated carbocycles. The number of nitrogens with zero attached hydrogens (tertiary/aromatic N) is 2. The number of aromatic nitrogens is 2. The maximum absolute atomic E-state index is 12.1. The van der Waals surface area contributed by atoms with Gasteiger partial charge in [0.1, 0.15) is 5.76 Å². The Morgan fingerprint density at radius 1 is 1.03 bits per heavy atom. The second kappa shape index (κ2) is 8.16. The van der Waals surface area contributed by atoms with Crippen LogP contribution in [-0.2, 0) is 0 Å². The van der Waals surface area contributed by atoms with Gasteiger partial charge in [0.2, 0.25) is 5.75 Å². The highest BCUT2D eigenvalue weighted by atomic mass is 16.5. The minimum Gasteiger partial charge on any atom is -0.493 e. The largest absolute Gasteiger partial charge is 0.493 e. The smallest absolute Gasteiger partial charge is 0.203 e. The quantitative estimate of drug-likeness (QED) is 0.418. The van der Waals surface area contributed by atoms with Gasteiger partial charge in [0.15, 0.2) is 17.8 Å². The predicted octanol–water partition coefficient (Wildman–Crippen LogP) is 4.64. The molecule has 0 aliphatic heterocycles. The van der Waals surface area contributed by atoms with Crippen LogP contribution in [0.25, 0.3) is 28.1 Å². The van der Waals surface area contributed by atoms with E-state index in [1.165, 1.54) is 21.3 Å².